The number of rotatable bonds is 7. The summed E-state index contributed by atoms with van der Waals surface area (Å²) in [6, 6.07) is 3.65. The number of nitrogens with two attached hydrogens (primary N) is 2. The average Bonchev–Trinajstić information content (AvgIpc) is 3.24. The smallest absolute Gasteiger partial charge is 0.212 e. The van der Waals surface area contributed by atoms with Gasteiger partial charge in [0.2, 0.25) is 17.3 Å². The predicted molar refractivity (Wildman–Crippen MR) is 103 cm³/mol. The number of guanidine groups is 2. The van der Waals surface area contributed by atoms with Crippen molar-refractivity contribution in [3.63, 3.8) is 0 Å². The molecular formula is C16H22N8OS. The average molecular weight is 374 g/mol. The monoisotopic (exact) mass is 374 g/mol. The fourth-order valence-electron chi connectivity index (χ4n) is 2.02. The maximum absolute atomic E-state index is 8.53. The molecule has 2 rings (SSSR count). The zero-order valence-electron chi connectivity index (χ0n) is 14.8. The van der Waals surface area contributed by atoms with Crippen molar-refractivity contribution in [3.05, 3.63) is 23.3 Å². The number of unbranched alkanes of at least 4 members (excludes halogenated alkanes) is 1. The lowest BCUT2D eigenvalue weighted by Gasteiger charge is -2.14. The minimum Gasteiger partial charge on any atom is -0.458 e. The van der Waals surface area contributed by atoms with Gasteiger partial charge in [-0.05, 0) is 18.6 Å². The molecule has 0 bridgehead atoms. The number of aromatic nitrogens is 1. The lowest BCUT2D eigenvalue weighted by molar-refractivity contribution is 0.412. The van der Waals surface area contributed by atoms with Gasteiger partial charge in [-0.15, -0.1) is 16.3 Å². The van der Waals surface area contributed by atoms with Crippen LogP contribution in [0.5, 0.6) is 0 Å². The quantitative estimate of drug-likeness (QED) is 0.291. The van der Waals surface area contributed by atoms with Crippen LogP contribution in [0.15, 0.2) is 31.9 Å². The Morgan fingerprint density at radius 1 is 1.46 bits per heavy atom. The summed E-state index contributed by atoms with van der Waals surface area (Å²) in [5.74, 6) is 1.78. The second kappa shape index (κ2) is 9.43. The summed E-state index contributed by atoms with van der Waals surface area (Å²) in [5.41, 5.74) is 12.2. The highest BCUT2D eigenvalue weighted by atomic mass is 32.1. The first-order valence-electron chi connectivity index (χ1n) is 8.09. The van der Waals surface area contributed by atoms with Gasteiger partial charge in [-0.3, -0.25) is 0 Å². The second-order valence-corrected chi connectivity index (χ2v) is 6.32. The van der Waals surface area contributed by atoms with E-state index >= 15 is 0 Å². The van der Waals surface area contributed by atoms with E-state index in [9.17, 15) is 0 Å². The van der Waals surface area contributed by atoms with Crippen LogP contribution in [0.25, 0.3) is 11.5 Å². The molecule has 0 aliphatic heterocycles. The lowest BCUT2D eigenvalue weighted by atomic mass is 10.3. The van der Waals surface area contributed by atoms with E-state index in [-0.39, 0.29) is 5.96 Å². The van der Waals surface area contributed by atoms with Gasteiger partial charge in [0.25, 0.3) is 0 Å². The van der Waals surface area contributed by atoms with Crippen LogP contribution in [0.2, 0.25) is 0 Å². The Balaban J connectivity index is 2.02. The van der Waals surface area contributed by atoms with Gasteiger partial charge in [0.1, 0.15) is 11.5 Å². The molecule has 0 aromatic carbocycles. The maximum Gasteiger partial charge on any atom is 0.212 e. The molecule has 0 unspecified atom stereocenters. The molecule has 0 fully saturated rings. The van der Waals surface area contributed by atoms with Crippen LogP contribution in [-0.4, -0.2) is 35.4 Å². The number of hydrogen-bond acceptors (Lipinski definition) is 6. The van der Waals surface area contributed by atoms with E-state index in [1.165, 1.54) is 11.3 Å². The third kappa shape index (κ3) is 5.49. The standard InChI is InChI=1S/C16H22N8OS/c1-3-4-7-20-14(18)23-16-22-12(9-26-16)13-6-5-11(25-13)8-24(2)15(19)21-10-17/h5-6,9H,3-4,7-8H2,1-2H3,(H2,19,21)(H3,18,20,22,23). The Bertz CT molecular complexity index is 816. The van der Waals surface area contributed by atoms with Gasteiger partial charge in [0.05, 0.1) is 6.54 Å². The number of furan rings is 1. The predicted octanol–water partition coefficient (Wildman–Crippen LogP) is 1.97. The first-order chi connectivity index (χ1) is 12.5. The molecule has 2 aromatic rings. The largest absolute Gasteiger partial charge is 0.458 e. The van der Waals surface area contributed by atoms with Crippen molar-refractivity contribution in [2.45, 2.75) is 26.3 Å². The topological polar surface area (TPSA) is 142 Å². The van der Waals surface area contributed by atoms with E-state index in [1.807, 2.05) is 17.5 Å². The van der Waals surface area contributed by atoms with Gasteiger partial charge in [-0.1, -0.05) is 13.3 Å². The number of nitrogens with one attached hydrogen (secondary N) is 1. The van der Waals surface area contributed by atoms with Gasteiger partial charge >= 0.3 is 0 Å². The molecule has 5 N–H and O–H groups in total. The van der Waals surface area contributed by atoms with Crippen molar-refractivity contribution in [2.75, 3.05) is 13.6 Å². The molecular weight excluding hydrogens is 352 g/mol. The van der Waals surface area contributed by atoms with Gasteiger partial charge in [0.15, 0.2) is 11.7 Å². The normalized spacial score (nSPS) is 12.0. The van der Waals surface area contributed by atoms with E-state index in [1.54, 1.807) is 18.1 Å². The van der Waals surface area contributed by atoms with Gasteiger partial charge in [-0.2, -0.15) is 10.3 Å². The van der Waals surface area contributed by atoms with Crippen LogP contribution < -0.4 is 16.8 Å². The molecule has 0 atom stereocenters. The Morgan fingerprint density at radius 3 is 3.00 bits per heavy atom. The van der Waals surface area contributed by atoms with E-state index in [2.05, 4.69) is 27.2 Å². The molecule has 26 heavy (non-hydrogen) atoms. The Kier molecular flexibility index (Phi) is 6.99. The molecule has 0 saturated heterocycles. The third-order valence-electron chi connectivity index (χ3n) is 3.41. The zero-order chi connectivity index (χ0) is 18.9. The first-order valence-corrected chi connectivity index (χ1v) is 8.97. The number of nitrogens with zero attached hydrogens (tertiary/aromatic N) is 5. The van der Waals surface area contributed by atoms with Crippen LogP contribution in [0.3, 0.4) is 0 Å². The number of aliphatic imine (C=N–C) groups is 2. The van der Waals surface area contributed by atoms with E-state index < -0.39 is 0 Å². The Morgan fingerprint density at radius 2 is 2.27 bits per heavy atom. The van der Waals surface area contributed by atoms with Crippen LogP contribution in [0.4, 0.5) is 5.13 Å². The van der Waals surface area contributed by atoms with E-state index in [0.717, 1.165) is 19.4 Å². The fraction of sp³-hybridized carbons (Fsp3) is 0.375. The number of thiazole rings is 1. The van der Waals surface area contributed by atoms with Crippen molar-refractivity contribution in [2.24, 2.45) is 21.5 Å². The second-order valence-electron chi connectivity index (χ2n) is 5.48. The summed E-state index contributed by atoms with van der Waals surface area (Å²) in [6.45, 7) is 3.29. The molecule has 0 aliphatic carbocycles. The molecule has 0 amide bonds. The zero-order valence-corrected chi connectivity index (χ0v) is 15.6. The highest BCUT2D eigenvalue weighted by Crippen LogP contribution is 2.28. The highest BCUT2D eigenvalue weighted by Gasteiger charge is 2.11. The Hall–Kier alpha value is -3.06. The van der Waals surface area contributed by atoms with Crippen LogP contribution in [0.1, 0.15) is 25.5 Å². The fourth-order valence-corrected chi connectivity index (χ4v) is 2.70. The maximum atomic E-state index is 8.53. The van der Waals surface area contributed by atoms with E-state index in [4.69, 9.17) is 21.1 Å². The summed E-state index contributed by atoms with van der Waals surface area (Å²) < 4.78 is 5.78. The summed E-state index contributed by atoms with van der Waals surface area (Å²) in [6.07, 6.45) is 3.78. The van der Waals surface area contributed by atoms with Crippen molar-refractivity contribution in [3.8, 4) is 17.6 Å². The van der Waals surface area contributed by atoms with Crippen LogP contribution >= 0.6 is 11.3 Å². The Labute approximate surface area is 156 Å². The lowest BCUT2D eigenvalue weighted by Crippen LogP contribution is -2.33. The minimum atomic E-state index is 0.127. The first kappa shape index (κ1) is 19.3. The van der Waals surface area contributed by atoms with Gasteiger partial charge in [-0.25, -0.2) is 4.98 Å². The molecule has 0 spiro atoms. The van der Waals surface area contributed by atoms with Crippen LogP contribution in [0, 0.1) is 11.5 Å². The highest BCUT2D eigenvalue weighted by molar-refractivity contribution is 7.13. The molecule has 138 valence electrons. The van der Waals surface area contributed by atoms with Gasteiger partial charge in [0, 0.05) is 19.0 Å². The molecule has 9 nitrogen and oxygen atoms in total. The number of hydrogen-bond donors (Lipinski definition) is 3. The van der Waals surface area contributed by atoms with Crippen LogP contribution in [-0.2, 0) is 6.54 Å². The molecule has 2 heterocycles. The van der Waals surface area contributed by atoms with E-state index in [0.29, 0.717) is 34.9 Å². The molecule has 0 radical (unpaired) electrons. The van der Waals surface area contributed by atoms with Crippen molar-refractivity contribution in [1.29, 1.82) is 5.26 Å². The van der Waals surface area contributed by atoms with Crippen molar-refractivity contribution >= 4 is 28.4 Å². The minimum absolute atomic E-state index is 0.127. The molecule has 0 saturated carbocycles. The SMILES string of the molecule is CCCCNC(N)=Nc1nc(-c2ccc(CN(C)C(N)=NC#N)o2)cs1. The summed E-state index contributed by atoms with van der Waals surface area (Å²) >= 11 is 1.38. The summed E-state index contributed by atoms with van der Waals surface area (Å²) in [5, 5.41) is 14.0. The molecule has 0 aliphatic rings. The molecule has 10 heteroatoms. The van der Waals surface area contributed by atoms with Crippen molar-refractivity contribution < 1.29 is 4.42 Å². The molecule has 2 aromatic heterocycles. The third-order valence-corrected chi connectivity index (χ3v) is 4.14. The summed E-state index contributed by atoms with van der Waals surface area (Å²) in [4.78, 5) is 13.8. The van der Waals surface area contributed by atoms with Gasteiger partial charge < -0.3 is 26.1 Å². The van der Waals surface area contributed by atoms with Crippen molar-refractivity contribution in [1.82, 2.24) is 15.2 Å². The summed E-state index contributed by atoms with van der Waals surface area (Å²) in [7, 11) is 1.72. The number of nitriles is 1.